The molecule has 6 nitrogen and oxygen atoms in total. The molecular formula is C6H12O6. The number of hydrogen-bond donors (Lipinski definition) is 2. The number of carbonyl (C=O) groups excluding carboxylic acids is 2. The molecule has 0 aliphatic carbocycles. The molecule has 0 fully saturated rings. The van der Waals surface area contributed by atoms with E-state index >= 15 is 0 Å². The van der Waals surface area contributed by atoms with Crippen molar-refractivity contribution in [1.82, 2.24) is 0 Å². The number of hydrogen-bond acceptors (Lipinski definition) is 6. The van der Waals surface area contributed by atoms with Gasteiger partial charge in [-0.15, -0.1) is 0 Å². The summed E-state index contributed by atoms with van der Waals surface area (Å²) in [5.41, 5.74) is 0. The van der Waals surface area contributed by atoms with E-state index in [9.17, 15) is 0 Å². The van der Waals surface area contributed by atoms with Crippen LogP contribution < -0.4 is 0 Å². The maximum absolute atomic E-state index is 8.95. The van der Waals surface area contributed by atoms with Gasteiger partial charge in [0, 0.05) is 0 Å². The van der Waals surface area contributed by atoms with Gasteiger partial charge in [0.1, 0.15) is 0 Å². The largest absolute Gasteiger partial charge is 0.398 e. The average Bonchev–Trinajstić information content (AvgIpc) is 2.08. The van der Waals surface area contributed by atoms with E-state index in [2.05, 4.69) is 9.47 Å². The van der Waals surface area contributed by atoms with Crippen molar-refractivity contribution in [3.63, 3.8) is 0 Å². The molecule has 0 radical (unpaired) electrons. The van der Waals surface area contributed by atoms with Crippen LogP contribution >= 0.6 is 0 Å². The highest BCUT2D eigenvalue weighted by Crippen LogP contribution is 1.68. The summed E-state index contributed by atoms with van der Waals surface area (Å²) in [5.74, 6) is 0. The lowest BCUT2D eigenvalue weighted by atomic mass is 10.7. The first-order valence-corrected chi connectivity index (χ1v) is 3.15. The standard InChI is InChI=1S/C4H10O3.C2H2O3/c5-1-3-7-4-2-6;3-1-5-2-4/h5-6H,1-4H2;1-2H. The van der Waals surface area contributed by atoms with Gasteiger partial charge >= 0.3 is 12.9 Å². The highest BCUT2D eigenvalue weighted by molar-refractivity contribution is 5.55. The third-order valence-electron chi connectivity index (χ3n) is 0.582. The lowest BCUT2D eigenvalue weighted by Crippen LogP contribution is -2.03. The second-order valence-electron chi connectivity index (χ2n) is 1.39. The number of aliphatic hydroxyl groups excluding tert-OH is 2. The SMILES string of the molecule is O=COC=O.OCCOCCO. The molecule has 12 heavy (non-hydrogen) atoms. The minimum atomic E-state index is 0.0278. The van der Waals surface area contributed by atoms with E-state index in [1.807, 2.05) is 0 Å². The van der Waals surface area contributed by atoms with Crippen molar-refractivity contribution in [3.05, 3.63) is 0 Å². The van der Waals surface area contributed by atoms with E-state index in [1.165, 1.54) is 0 Å². The summed E-state index contributed by atoms with van der Waals surface area (Å²) < 4.78 is 8.10. The second-order valence-corrected chi connectivity index (χ2v) is 1.39. The summed E-state index contributed by atoms with van der Waals surface area (Å²) >= 11 is 0. The summed E-state index contributed by atoms with van der Waals surface area (Å²) in [6, 6.07) is 0. The Balaban J connectivity index is 0. The molecule has 0 aromatic rings. The quantitative estimate of drug-likeness (QED) is 0.287. The van der Waals surface area contributed by atoms with E-state index in [-0.39, 0.29) is 26.2 Å². The zero-order chi connectivity index (χ0) is 9.66. The molecule has 0 aromatic heterocycles. The normalized spacial score (nSPS) is 7.83. The van der Waals surface area contributed by atoms with Crippen LogP contribution in [0.15, 0.2) is 0 Å². The zero-order valence-corrected chi connectivity index (χ0v) is 6.51. The summed E-state index contributed by atoms with van der Waals surface area (Å²) in [6.45, 7) is 0.821. The Morgan fingerprint density at radius 3 is 1.58 bits per heavy atom. The predicted molar refractivity (Wildman–Crippen MR) is 38.2 cm³/mol. The molecule has 0 saturated carbocycles. The molecule has 0 aromatic carbocycles. The van der Waals surface area contributed by atoms with Crippen LogP contribution in [0.2, 0.25) is 0 Å². The van der Waals surface area contributed by atoms with Gasteiger partial charge in [0.05, 0.1) is 26.4 Å². The van der Waals surface area contributed by atoms with Crippen LogP contribution in [0.5, 0.6) is 0 Å². The summed E-state index contributed by atoms with van der Waals surface area (Å²) in [6.07, 6.45) is 0. The number of aliphatic hydroxyl groups is 2. The molecule has 0 amide bonds. The van der Waals surface area contributed by atoms with Crippen LogP contribution in [0.4, 0.5) is 0 Å². The topological polar surface area (TPSA) is 93.1 Å². The molecule has 0 unspecified atom stereocenters. The third kappa shape index (κ3) is 23.0. The summed E-state index contributed by atoms with van der Waals surface area (Å²) in [7, 11) is 0. The second kappa shape index (κ2) is 16.5. The molecule has 0 atom stereocenters. The van der Waals surface area contributed by atoms with Crippen LogP contribution in [0.3, 0.4) is 0 Å². The molecule has 0 saturated heterocycles. The van der Waals surface area contributed by atoms with E-state index in [0.29, 0.717) is 13.2 Å². The first-order chi connectivity index (χ1) is 5.83. The van der Waals surface area contributed by atoms with Crippen molar-refractivity contribution >= 4 is 12.9 Å². The van der Waals surface area contributed by atoms with Crippen LogP contribution in [0, 0.1) is 0 Å². The van der Waals surface area contributed by atoms with E-state index in [1.54, 1.807) is 0 Å². The van der Waals surface area contributed by atoms with Gasteiger partial charge in [0.2, 0.25) is 0 Å². The van der Waals surface area contributed by atoms with Crippen LogP contribution in [-0.2, 0) is 19.1 Å². The van der Waals surface area contributed by atoms with E-state index in [4.69, 9.17) is 19.8 Å². The van der Waals surface area contributed by atoms with Crippen LogP contribution in [-0.4, -0.2) is 49.6 Å². The van der Waals surface area contributed by atoms with Gasteiger partial charge in [-0.05, 0) is 0 Å². The fraction of sp³-hybridized carbons (Fsp3) is 0.667. The number of ether oxygens (including phenoxy) is 2. The Kier molecular flexibility index (Phi) is 18.7. The monoisotopic (exact) mass is 180 g/mol. The van der Waals surface area contributed by atoms with Gasteiger partial charge < -0.3 is 19.7 Å². The van der Waals surface area contributed by atoms with Crippen LogP contribution in [0.1, 0.15) is 0 Å². The van der Waals surface area contributed by atoms with Gasteiger partial charge in [-0.2, -0.15) is 0 Å². The van der Waals surface area contributed by atoms with E-state index < -0.39 is 0 Å². The molecule has 0 aliphatic heterocycles. The Labute approximate surface area is 69.7 Å². The summed E-state index contributed by atoms with van der Waals surface area (Å²) in [4.78, 5) is 17.9. The van der Waals surface area contributed by atoms with E-state index in [0.717, 1.165) is 0 Å². The predicted octanol–water partition coefficient (Wildman–Crippen LogP) is -1.70. The van der Waals surface area contributed by atoms with Gasteiger partial charge in [0.15, 0.2) is 0 Å². The van der Waals surface area contributed by atoms with Crippen molar-refractivity contribution in [3.8, 4) is 0 Å². The Morgan fingerprint density at radius 2 is 1.42 bits per heavy atom. The highest BCUT2D eigenvalue weighted by Gasteiger charge is 1.79. The molecule has 0 bridgehead atoms. The summed E-state index contributed by atoms with van der Waals surface area (Å²) in [5, 5.41) is 16.2. The Morgan fingerprint density at radius 1 is 1.00 bits per heavy atom. The first kappa shape index (κ1) is 13.6. The van der Waals surface area contributed by atoms with Crippen molar-refractivity contribution < 1.29 is 29.3 Å². The molecular weight excluding hydrogens is 168 g/mol. The molecule has 0 aliphatic rings. The zero-order valence-electron chi connectivity index (χ0n) is 6.51. The Bertz CT molecular complexity index is 84.0. The first-order valence-electron chi connectivity index (χ1n) is 3.15. The lowest BCUT2D eigenvalue weighted by molar-refractivity contribution is -0.141. The Hall–Kier alpha value is -0.980. The molecule has 0 rings (SSSR count). The van der Waals surface area contributed by atoms with Crippen molar-refractivity contribution in [2.24, 2.45) is 0 Å². The minimum Gasteiger partial charge on any atom is -0.398 e. The molecule has 72 valence electrons. The highest BCUT2D eigenvalue weighted by atomic mass is 16.6. The third-order valence-corrected chi connectivity index (χ3v) is 0.582. The molecule has 0 spiro atoms. The lowest BCUT2D eigenvalue weighted by Gasteiger charge is -1.94. The number of carbonyl (C=O) groups is 2. The molecule has 2 N–H and O–H groups in total. The smallest absolute Gasteiger partial charge is 0.300 e. The fourth-order valence-corrected chi connectivity index (χ4v) is 0.254. The fourth-order valence-electron chi connectivity index (χ4n) is 0.254. The van der Waals surface area contributed by atoms with Crippen LogP contribution in [0.25, 0.3) is 0 Å². The van der Waals surface area contributed by atoms with Gasteiger partial charge in [-0.3, -0.25) is 9.59 Å². The number of rotatable bonds is 6. The van der Waals surface area contributed by atoms with Crippen molar-refractivity contribution in [1.29, 1.82) is 0 Å². The molecule has 0 heterocycles. The maximum Gasteiger partial charge on any atom is 0.300 e. The molecule has 6 heteroatoms. The van der Waals surface area contributed by atoms with Crippen molar-refractivity contribution in [2.75, 3.05) is 26.4 Å². The minimum absolute atomic E-state index is 0.0278. The van der Waals surface area contributed by atoms with Gasteiger partial charge in [-0.25, -0.2) is 0 Å². The van der Waals surface area contributed by atoms with Gasteiger partial charge in [0.25, 0.3) is 0 Å². The van der Waals surface area contributed by atoms with Crippen molar-refractivity contribution in [2.45, 2.75) is 0 Å². The average molecular weight is 180 g/mol. The maximum atomic E-state index is 8.95. The van der Waals surface area contributed by atoms with Gasteiger partial charge in [-0.1, -0.05) is 0 Å².